The Bertz CT molecular complexity index is 415. The predicted octanol–water partition coefficient (Wildman–Crippen LogP) is 1.12. The Morgan fingerprint density at radius 3 is 2.56 bits per heavy atom. The molecule has 84 valence electrons. The Morgan fingerprint density at radius 2 is 2.12 bits per heavy atom. The highest BCUT2D eigenvalue weighted by atomic mass is 19.1. The second-order valence-corrected chi connectivity index (χ2v) is 3.14. The van der Waals surface area contributed by atoms with Crippen molar-refractivity contribution < 1.29 is 19.0 Å². The van der Waals surface area contributed by atoms with Crippen LogP contribution in [0.5, 0.6) is 0 Å². The second kappa shape index (κ2) is 4.73. The number of halogens is 1. The van der Waals surface area contributed by atoms with Crippen LogP contribution in [0.25, 0.3) is 0 Å². The molecule has 5 heteroatoms. The fourth-order valence-electron chi connectivity index (χ4n) is 1.22. The number of hydrogen-bond donors (Lipinski definition) is 1. The van der Waals surface area contributed by atoms with E-state index in [1.165, 1.54) is 30.3 Å². The molecule has 0 aliphatic carbocycles. The van der Waals surface area contributed by atoms with E-state index in [9.17, 15) is 14.3 Å². The number of nitrogens with zero attached hydrogens (tertiary/aromatic N) is 1. The molecule has 1 N–H and O–H groups in total. The standard InChI is InChI=1S/C11H10FNO3/c1-16-10(14)11(15,7-13)9(12)8-5-3-2-4-6-8/h2-6,9,15H,1H3. The summed E-state index contributed by atoms with van der Waals surface area (Å²) in [6.07, 6.45) is -2.15. The van der Waals surface area contributed by atoms with Crippen LogP contribution in [0, 0.1) is 11.3 Å². The fourth-order valence-corrected chi connectivity index (χ4v) is 1.22. The maximum absolute atomic E-state index is 13.8. The van der Waals surface area contributed by atoms with Gasteiger partial charge in [0.2, 0.25) is 0 Å². The number of alkyl halides is 1. The predicted molar refractivity (Wildman–Crippen MR) is 52.9 cm³/mol. The first kappa shape index (κ1) is 12.1. The highest BCUT2D eigenvalue weighted by molar-refractivity contribution is 5.83. The van der Waals surface area contributed by atoms with Crippen LogP contribution < -0.4 is 0 Å². The van der Waals surface area contributed by atoms with Crippen LogP contribution in [0.3, 0.4) is 0 Å². The van der Waals surface area contributed by atoms with E-state index in [2.05, 4.69) is 4.74 Å². The summed E-state index contributed by atoms with van der Waals surface area (Å²) in [6, 6.07) is 8.71. The number of nitriles is 1. The molecule has 4 nitrogen and oxygen atoms in total. The van der Waals surface area contributed by atoms with Gasteiger partial charge >= 0.3 is 5.97 Å². The van der Waals surface area contributed by atoms with Gasteiger partial charge in [-0.2, -0.15) is 5.26 Å². The zero-order chi connectivity index (χ0) is 12.2. The van der Waals surface area contributed by atoms with Crippen molar-refractivity contribution in [2.75, 3.05) is 7.11 Å². The molecule has 0 aliphatic rings. The summed E-state index contributed by atoms with van der Waals surface area (Å²) >= 11 is 0. The molecule has 1 aromatic rings. The number of carbonyl (C=O) groups is 1. The van der Waals surface area contributed by atoms with Crippen LogP contribution in [-0.2, 0) is 9.53 Å². The van der Waals surface area contributed by atoms with E-state index in [0.717, 1.165) is 7.11 Å². The number of rotatable bonds is 3. The minimum absolute atomic E-state index is 0.0388. The van der Waals surface area contributed by atoms with Gasteiger partial charge in [-0.1, -0.05) is 30.3 Å². The minimum Gasteiger partial charge on any atom is -0.466 e. The highest BCUT2D eigenvalue weighted by Gasteiger charge is 2.47. The lowest BCUT2D eigenvalue weighted by atomic mass is 9.94. The third kappa shape index (κ3) is 2.02. The molecule has 2 atom stereocenters. The minimum atomic E-state index is -2.81. The number of benzene rings is 1. The molecule has 0 saturated carbocycles. The molecule has 0 saturated heterocycles. The maximum Gasteiger partial charge on any atom is 0.356 e. The van der Waals surface area contributed by atoms with E-state index in [1.807, 2.05) is 0 Å². The summed E-state index contributed by atoms with van der Waals surface area (Å²) in [5, 5.41) is 18.3. The van der Waals surface area contributed by atoms with Crippen molar-refractivity contribution in [3.05, 3.63) is 35.9 Å². The average Bonchev–Trinajstić information content (AvgIpc) is 2.36. The third-order valence-corrected chi connectivity index (χ3v) is 2.13. The van der Waals surface area contributed by atoms with Gasteiger partial charge in [-0.05, 0) is 5.56 Å². The molecule has 0 radical (unpaired) electrons. The number of esters is 1. The Balaban J connectivity index is 3.08. The van der Waals surface area contributed by atoms with Crippen molar-refractivity contribution in [2.24, 2.45) is 0 Å². The monoisotopic (exact) mass is 223 g/mol. The first-order valence-corrected chi connectivity index (χ1v) is 4.47. The summed E-state index contributed by atoms with van der Waals surface area (Å²) < 4.78 is 18.0. The van der Waals surface area contributed by atoms with Crippen LogP contribution in [0.1, 0.15) is 11.7 Å². The molecule has 2 unspecified atom stereocenters. The Morgan fingerprint density at radius 1 is 1.56 bits per heavy atom. The molecule has 16 heavy (non-hydrogen) atoms. The Hall–Kier alpha value is -1.93. The lowest BCUT2D eigenvalue weighted by molar-refractivity contribution is -0.162. The zero-order valence-electron chi connectivity index (χ0n) is 8.55. The lowest BCUT2D eigenvalue weighted by Crippen LogP contribution is -2.42. The third-order valence-electron chi connectivity index (χ3n) is 2.13. The number of carbonyl (C=O) groups excluding carboxylic acids is 1. The molecule has 0 spiro atoms. The van der Waals surface area contributed by atoms with Crippen molar-refractivity contribution in [1.82, 2.24) is 0 Å². The lowest BCUT2D eigenvalue weighted by Gasteiger charge is -2.21. The smallest absolute Gasteiger partial charge is 0.356 e. The van der Waals surface area contributed by atoms with Crippen molar-refractivity contribution in [1.29, 1.82) is 5.26 Å². The van der Waals surface area contributed by atoms with Crippen molar-refractivity contribution >= 4 is 5.97 Å². The first-order chi connectivity index (χ1) is 7.56. The molecular weight excluding hydrogens is 213 g/mol. The average molecular weight is 223 g/mol. The normalized spacial score (nSPS) is 15.6. The van der Waals surface area contributed by atoms with Gasteiger partial charge in [0.05, 0.1) is 7.11 Å². The topological polar surface area (TPSA) is 70.3 Å². The van der Waals surface area contributed by atoms with Crippen molar-refractivity contribution in [3.8, 4) is 6.07 Å². The molecule has 0 fully saturated rings. The van der Waals surface area contributed by atoms with Crippen molar-refractivity contribution in [3.63, 3.8) is 0 Å². The quantitative estimate of drug-likeness (QED) is 0.615. The summed E-state index contributed by atoms with van der Waals surface area (Å²) in [6.45, 7) is 0. The zero-order valence-corrected chi connectivity index (χ0v) is 8.55. The van der Waals surface area contributed by atoms with Crippen LogP contribution in [0.4, 0.5) is 4.39 Å². The van der Waals surface area contributed by atoms with E-state index < -0.39 is 17.7 Å². The number of ether oxygens (including phenoxy) is 1. The maximum atomic E-state index is 13.8. The van der Waals surface area contributed by atoms with Gasteiger partial charge in [0.25, 0.3) is 5.60 Å². The van der Waals surface area contributed by atoms with E-state index in [1.54, 1.807) is 6.07 Å². The summed E-state index contributed by atoms with van der Waals surface area (Å²) in [7, 11) is 0.975. The van der Waals surface area contributed by atoms with Crippen LogP contribution in [0.2, 0.25) is 0 Å². The summed E-state index contributed by atoms with van der Waals surface area (Å²) in [4.78, 5) is 11.1. The van der Waals surface area contributed by atoms with Crippen LogP contribution in [0.15, 0.2) is 30.3 Å². The van der Waals surface area contributed by atoms with Crippen LogP contribution in [-0.4, -0.2) is 23.8 Å². The van der Waals surface area contributed by atoms with E-state index in [4.69, 9.17) is 5.26 Å². The van der Waals surface area contributed by atoms with Gasteiger partial charge in [-0.25, -0.2) is 9.18 Å². The Labute approximate surface area is 91.9 Å². The van der Waals surface area contributed by atoms with E-state index in [0.29, 0.717) is 0 Å². The van der Waals surface area contributed by atoms with Crippen LogP contribution >= 0.6 is 0 Å². The molecule has 1 aromatic carbocycles. The first-order valence-electron chi connectivity index (χ1n) is 4.47. The molecule has 0 aromatic heterocycles. The van der Waals surface area contributed by atoms with Crippen molar-refractivity contribution in [2.45, 2.75) is 11.8 Å². The number of hydrogen-bond acceptors (Lipinski definition) is 4. The second-order valence-electron chi connectivity index (χ2n) is 3.14. The van der Waals surface area contributed by atoms with Gasteiger partial charge in [-0.15, -0.1) is 0 Å². The fraction of sp³-hybridized carbons (Fsp3) is 0.273. The molecule has 1 rings (SSSR count). The largest absolute Gasteiger partial charge is 0.466 e. The van der Waals surface area contributed by atoms with Gasteiger partial charge in [0, 0.05) is 0 Å². The van der Waals surface area contributed by atoms with E-state index >= 15 is 0 Å². The molecule has 0 heterocycles. The SMILES string of the molecule is COC(=O)C(O)(C#N)C(F)c1ccccc1. The molecule has 0 bridgehead atoms. The van der Waals surface area contributed by atoms with Gasteiger partial charge in [0.1, 0.15) is 6.07 Å². The molecular formula is C11H10FNO3. The Kier molecular flexibility index (Phi) is 3.59. The summed E-state index contributed by atoms with van der Waals surface area (Å²) in [5.74, 6) is -1.31. The number of methoxy groups -OCH3 is 1. The molecule has 0 amide bonds. The number of aliphatic hydroxyl groups is 1. The summed E-state index contributed by atoms with van der Waals surface area (Å²) in [5.41, 5.74) is -2.77. The molecule has 0 aliphatic heterocycles. The highest BCUT2D eigenvalue weighted by Crippen LogP contribution is 2.30. The van der Waals surface area contributed by atoms with E-state index in [-0.39, 0.29) is 5.56 Å². The van der Waals surface area contributed by atoms with Gasteiger partial charge in [-0.3, -0.25) is 0 Å². The van der Waals surface area contributed by atoms with Gasteiger partial charge < -0.3 is 9.84 Å². The van der Waals surface area contributed by atoms with Gasteiger partial charge in [0.15, 0.2) is 6.17 Å².